The number of aryl methyl sites for hydroxylation is 1. The second-order valence-electron chi connectivity index (χ2n) is 8.94. The van der Waals surface area contributed by atoms with Gasteiger partial charge in [-0.25, -0.2) is 4.68 Å². The number of carbonyl (C=O) groups excluding carboxylic acids is 1. The molecule has 1 N–H and O–H groups in total. The molecule has 1 aromatic heterocycles. The smallest absolute Gasteiger partial charge is 0.362 e. The molecule has 172 valence electrons. The van der Waals surface area contributed by atoms with Crippen LogP contribution in [0.2, 0.25) is 5.02 Å². The van der Waals surface area contributed by atoms with Crippen LogP contribution in [0.4, 0.5) is 19.0 Å². The summed E-state index contributed by atoms with van der Waals surface area (Å²) in [5.41, 5.74) is 1.65. The van der Waals surface area contributed by atoms with Gasteiger partial charge in [-0.05, 0) is 31.9 Å². The largest absolute Gasteiger partial charge is 0.410 e. The minimum absolute atomic E-state index is 0.0464. The fraction of sp³-hybridized carbons (Fsp3) is 0.545. The van der Waals surface area contributed by atoms with Gasteiger partial charge >= 0.3 is 6.18 Å². The van der Waals surface area contributed by atoms with E-state index in [0.29, 0.717) is 19.1 Å². The van der Waals surface area contributed by atoms with Crippen molar-refractivity contribution in [3.63, 3.8) is 0 Å². The normalized spacial score (nSPS) is 25.9. The quantitative estimate of drug-likeness (QED) is 0.710. The van der Waals surface area contributed by atoms with Gasteiger partial charge in [-0.2, -0.15) is 18.3 Å². The fourth-order valence-corrected chi connectivity index (χ4v) is 5.33. The summed E-state index contributed by atoms with van der Waals surface area (Å²) in [7, 11) is 0. The second-order valence-corrected chi connectivity index (χ2v) is 9.32. The Balaban J connectivity index is 1.47. The Bertz CT molecular complexity index is 1020. The summed E-state index contributed by atoms with van der Waals surface area (Å²) >= 11 is 6.49. The van der Waals surface area contributed by atoms with Gasteiger partial charge in [0.15, 0.2) is 11.7 Å². The van der Waals surface area contributed by atoms with Crippen LogP contribution in [0.5, 0.6) is 0 Å². The lowest BCUT2D eigenvalue weighted by molar-refractivity contribution is -0.173. The van der Waals surface area contributed by atoms with Gasteiger partial charge in [-0.3, -0.25) is 9.69 Å². The predicted molar refractivity (Wildman–Crippen MR) is 115 cm³/mol. The molecule has 3 aliphatic heterocycles. The highest BCUT2D eigenvalue weighted by atomic mass is 35.5. The van der Waals surface area contributed by atoms with Gasteiger partial charge in [0.1, 0.15) is 10.8 Å². The van der Waals surface area contributed by atoms with Crippen molar-refractivity contribution in [2.45, 2.75) is 50.5 Å². The molecule has 0 saturated carbocycles. The van der Waals surface area contributed by atoms with Crippen molar-refractivity contribution in [2.24, 2.45) is 0 Å². The van der Waals surface area contributed by atoms with Crippen LogP contribution in [0.1, 0.15) is 53.0 Å². The number of hydrogen-bond acceptors (Lipinski definition) is 4. The number of anilines is 1. The first kappa shape index (κ1) is 21.6. The molecule has 1 aromatic carbocycles. The molecule has 0 aliphatic carbocycles. The molecular weight excluding hydrogens is 443 g/mol. The molecule has 6 nitrogen and oxygen atoms in total. The summed E-state index contributed by atoms with van der Waals surface area (Å²) < 4.78 is 42.8. The van der Waals surface area contributed by atoms with E-state index in [4.69, 9.17) is 11.6 Å². The molecule has 10 heteroatoms. The number of amides is 1. The van der Waals surface area contributed by atoms with Gasteiger partial charge in [0.25, 0.3) is 5.91 Å². The Labute approximate surface area is 189 Å². The molecule has 1 amide bonds. The summed E-state index contributed by atoms with van der Waals surface area (Å²) in [6.45, 7) is 4.80. The molecule has 2 aromatic rings. The van der Waals surface area contributed by atoms with Crippen molar-refractivity contribution in [2.75, 3.05) is 31.5 Å². The lowest BCUT2D eigenvalue weighted by Crippen LogP contribution is -2.52. The zero-order chi connectivity index (χ0) is 22.6. The van der Waals surface area contributed by atoms with E-state index in [1.165, 1.54) is 0 Å². The van der Waals surface area contributed by atoms with Crippen LogP contribution in [-0.4, -0.2) is 63.9 Å². The topological polar surface area (TPSA) is 53.4 Å². The highest BCUT2D eigenvalue weighted by Crippen LogP contribution is 2.46. The zero-order valence-corrected chi connectivity index (χ0v) is 18.5. The van der Waals surface area contributed by atoms with E-state index < -0.39 is 24.2 Å². The third-order valence-electron chi connectivity index (χ3n) is 6.85. The molecule has 2 saturated heterocycles. The number of nitrogens with one attached hydrogen (secondary N) is 1. The molecule has 5 rings (SSSR count). The number of nitrogens with zero attached hydrogens (tertiary/aromatic N) is 4. The van der Waals surface area contributed by atoms with Crippen molar-refractivity contribution < 1.29 is 18.0 Å². The van der Waals surface area contributed by atoms with E-state index in [1.54, 1.807) is 4.90 Å². The highest BCUT2D eigenvalue weighted by molar-refractivity contribution is 6.36. The van der Waals surface area contributed by atoms with Gasteiger partial charge in [0.05, 0.1) is 6.04 Å². The average Bonchev–Trinajstić information content (AvgIpc) is 3.36. The van der Waals surface area contributed by atoms with Gasteiger partial charge in [-0.1, -0.05) is 41.4 Å². The summed E-state index contributed by atoms with van der Waals surface area (Å²) in [6.07, 6.45) is -2.63. The van der Waals surface area contributed by atoms with Crippen molar-refractivity contribution in [1.82, 2.24) is 19.6 Å². The number of carbonyl (C=O) groups is 1. The fourth-order valence-electron chi connectivity index (χ4n) is 5.07. The minimum atomic E-state index is -4.52. The molecule has 0 radical (unpaired) electrons. The number of fused-ring (bicyclic) bond motifs is 2. The zero-order valence-electron chi connectivity index (χ0n) is 17.7. The van der Waals surface area contributed by atoms with Gasteiger partial charge in [0.2, 0.25) is 0 Å². The van der Waals surface area contributed by atoms with E-state index in [9.17, 15) is 18.0 Å². The lowest BCUT2D eigenvalue weighted by Gasteiger charge is -2.37. The SMILES string of the molecule is Cc1ccc([C@H]2C[C@H](C(F)(F)F)n3nc(C(=O)N4CCN5CCC[C@@H]5C4)c(Cl)c3N2)cc1. The van der Waals surface area contributed by atoms with Crippen molar-refractivity contribution >= 4 is 23.3 Å². The number of rotatable bonds is 2. The number of halogens is 4. The van der Waals surface area contributed by atoms with Crippen LogP contribution in [0.25, 0.3) is 0 Å². The molecule has 0 spiro atoms. The molecule has 3 aliphatic rings. The number of benzene rings is 1. The van der Waals surface area contributed by atoms with E-state index in [2.05, 4.69) is 15.3 Å². The van der Waals surface area contributed by atoms with Gasteiger partial charge in [-0.15, -0.1) is 0 Å². The maximum atomic E-state index is 14.0. The van der Waals surface area contributed by atoms with Crippen LogP contribution in [0.15, 0.2) is 24.3 Å². The first-order valence-corrected chi connectivity index (χ1v) is 11.3. The van der Waals surface area contributed by atoms with Crippen LogP contribution < -0.4 is 5.32 Å². The Morgan fingerprint density at radius 2 is 1.94 bits per heavy atom. The molecule has 4 heterocycles. The Morgan fingerprint density at radius 1 is 1.19 bits per heavy atom. The van der Waals surface area contributed by atoms with Crippen LogP contribution >= 0.6 is 11.6 Å². The molecule has 32 heavy (non-hydrogen) atoms. The molecule has 2 fully saturated rings. The van der Waals surface area contributed by atoms with E-state index >= 15 is 0 Å². The Kier molecular flexibility index (Phi) is 5.36. The predicted octanol–water partition coefficient (Wildman–Crippen LogP) is 4.43. The van der Waals surface area contributed by atoms with Gasteiger partial charge in [0, 0.05) is 32.1 Å². The van der Waals surface area contributed by atoms with Crippen molar-refractivity contribution in [1.29, 1.82) is 0 Å². The molecule has 3 atom stereocenters. The summed E-state index contributed by atoms with van der Waals surface area (Å²) in [5.74, 6) is -0.355. The van der Waals surface area contributed by atoms with Crippen LogP contribution in [0.3, 0.4) is 0 Å². The maximum absolute atomic E-state index is 14.0. The monoisotopic (exact) mass is 467 g/mol. The van der Waals surface area contributed by atoms with Crippen LogP contribution in [0, 0.1) is 6.92 Å². The van der Waals surface area contributed by atoms with Crippen LogP contribution in [-0.2, 0) is 0 Å². The third kappa shape index (κ3) is 3.75. The number of alkyl halides is 3. The molecule has 0 bridgehead atoms. The lowest BCUT2D eigenvalue weighted by atomic mass is 9.96. The summed E-state index contributed by atoms with van der Waals surface area (Å²) in [4.78, 5) is 17.2. The number of piperazine rings is 1. The second kappa shape index (κ2) is 7.95. The summed E-state index contributed by atoms with van der Waals surface area (Å²) in [6, 6.07) is 5.21. The highest BCUT2D eigenvalue weighted by Gasteiger charge is 2.48. The number of hydrogen-bond donors (Lipinski definition) is 1. The van der Waals surface area contributed by atoms with Crippen molar-refractivity contribution in [3.05, 3.63) is 46.1 Å². The first-order chi connectivity index (χ1) is 15.2. The average molecular weight is 468 g/mol. The Hall–Kier alpha value is -2.26. The first-order valence-electron chi connectivity index (χ1n) is 10.9. The number of aromatic nitrogens is 2. The Morgan fingerprint density at radius 3 is 2.66 bits per heavy atom. The van der Waals surface area contributed by atoms with E-state index in [-0.39, 0.29) is 23.0 Å². The minimum Gasteiger partial charge on any atom is -0.362 e. The van der Waals surface area contributed by atoms with Crippen molar-refractivity contribution in [3.8, 4) is 0 Å². The third-order valence-corrected chi connectivity index (χ3v) is 7.21. The summed E-state index contributed by atoms with van der Waals surface area (Å²) in [5, 5.41) is 7.16. The molecule has 0 unspecified atom stereocenters. The molecular formula is C22H25ClF3N5O. The van der Waals surface area contributed by atoms with Gasteiger partial charge < -0.3 is 10.2 Å². The van der Waals surface area contributed by atoms with E-state index in [0.717, 1.165) is 41.7 Å². The maximum Gasteiger partial charge on any atom is 0.410 e. The standard InChI is InChI=1S/C22H25ClF3N5O/c1-13-4-6-14(7-5-13)16-11-17(22(24,25)26)31-20(27-16)18(23)19(28-31)21(32)30-10-9-29-8-2-3-15(29)12-30/h4-7,15-17,27H,2-3,8-12H2,1H3/t15-,16-,17-/m1/s1. The van der Waals surface area contributed by atoms with E-state index in [1.807, 2.05) is 31.2 Å².